The van der Waals surface area contributed by atoms with Crippen LogP contribution in [-0.4, -0.2) is 35.3 Å². The van der Waals surface area contributed by atoms with Crippen LogP contribution in [-0.2, 0) is 0 Å². The molecule has 1 heterocycles. The fraction of sp³-hybridized carbons (Fsp3) is 0.375. The molecule has 0 spiro atoms. The average Bonchev–Trinajstić information content (AvgIpc) is 2.01. The van der Waals surface area contributed by atoms with Gasteiger partial charge in [-0.05, 0) is 6.92 Å². The molecule has 0 aromatic carbocycles. The van der Waals surface area contributed by atoms with Crippen molar-refractivity contribution in [2.45, 2.75) is 6.92 Å². The van der Waals surface area contributed by atoms with Crippen molar-refractivity contribution in [3.63, 3.8) is 0 Å². The molecule has 0 amide bonds. The number of aryl methyl sites for hydroxylation is 1. The molecular formula is C8H12ClN5. The number of aromatic nitrogens is 2. The number of nitrogen functional groups attached to an aromatic ring is 1. The van der Waals surface area contributed by atoms with E-state index < -0.39 is 0 Å². The van der Waals surface area contributed by atoms with E-state index in [0.717, 1.165) is 0 Å². The second-order valence-electron chi connectivity index (χ2n) is 3.00. The maximum absolute atomic E-state index is 5.85. The molecule has 1 aromatic heterocycles. The fourth-order valence-electron chi connectivity index (χ4n) is 0.846. The summed E-state index contributed by atoms with van der Waals surface area (Å²) >= 11 is 5.85. The van der Waals surface area contributed by atoms with Gasteiger partial charge in [-0.25, -0.2) is 15.0 Å². The van der Waals surface area contributed by atoms with Crippen LogP contribution in [0.15, 0.2) is 4.99 Å². The standard InChI is InChI=1S/C8H12ClN5/c1-5-12-7(9)6(8(10)13-5)11-4-14(2)3/h4H,1-3H3,(H2,10,12,13). The zero-order valence-corrected chi connectivity index (χ0v) is 9.08. The van der Waals surface area contributed by atoms with Crippen LogP contribution in [0.5, 0.6) is 0 Å². The maximum Gasteiger partial charge on any atom is 0.160 e. The van der Waals surface area contributed by atoms with E-state index in [0.29, 0.717) is 17.3 Å². The summed E-state index contributed by atoms with van der Waals surface area (Å²) in [5.74, 6) is 0.830. The lowest BCUT2D eigenvalue weighted by atomic mass is 10.4. The number of nitrogens with zero attached hydrogens (tertiary/aromatic N) is 4. The quantitative estimate of drug-likeness (QED) is 0.456. The lowest BCUT2D eigenvalue weighted by Gasteiger charge is -2.05. The Morgan fingerprint density at radius 1 is 1.43 bits per heavy atom. The molecule has 76 valence electrons. The number of rotatable bonds is 2. The Hall–Kier alpha value is -1.36. The summed E-state index contributed by atoms with van der Waals surface area (Å²) in [5.41, 5.74) is 6.05. The van der Waals surface area contributed by atoms with E-state index in [2.05, 4.69) is 15.0 Å². The topological polar surface area (TPSA) is 67.4 Å². The largest absolute Gasteiger partial charge is 0.382 e. The van der Waals surface area contributed by atoms with Gasteiger partial charge in [0.25, 0.3) is 0 Å². The minimum Gasteiger partial charge on any atom is -0.382 e. The lowest BCUT2D eigenvalue weighted by Crippen LogP contribution is -2.07. The van der Waals surface area contributed by atoms with Crippen LogP contribution in [0.4, 0.5) is 11.5 Å². The molecule has 14 heavy (non-hydrogen) atoms. The first-order valence-corrected chi connectivity index (χ1v) is 4.38. The van der Waals surface area contributed by atoms with Crippen LogP contribution in [0.25, 0.3) is 0 Å². The molecule has 0 aliphatic heterocycles. The third-order valence-corrected chi connectivity index (χ3v) is 1.66. The molecular weight excluding hydrogens is 202 g/mol. The van der Waals surface area contributed by atoms with E-state index in [1.807, 2.05) is 14.1 Å². The molecule has 0 unspecified atom stereocenters. The van der Waals surface area contributed by atoms with E-state index in [1.165, 1.54) is 0 Å². The molecule has 5 nitrogen and oxygen atoms in total. The second kappa shape index (κ2) is 4.23. The summed E-state index contributed by atoms with van der Waals surface area (Å²) in [6.07, 6.45) is 1.59. The van der Waals surface area contributed by atoms with Crippen molar-refractivity contribution in [3.05, 3.63) is 11.0 Å². The number of halogens is 1. The second-order valence-corrected chi connectivity index (χ2v) is 3.36. The normalized spacial score (nSPS) is 10.9. The van der Waals surface area contributed by atoms with Crippen LogP contribution in [0.1, 0.15) is 5.82 Å². The highest BCUT2D eigenvalue weighted by Crippen LogP contribution is 2.27. The molecule has 2 N–H and O–H groups in total. The molecule has 0 atom stereocenters. The minimum absolute atomic E-state index is 0.271. The Kier molecular flexibility index (Phi) is 3.24. The van der Waals surface area contributed by atoms with E-state index in [1.54, 1.807) is 18.2 Å². The van der Waals surface area contributed by atoms with E-state index >= 15 is 0 Å². The van der Waals surface area contributed by atoms with E-state index in [9.17, 15) is 0 Å². The predicted octanol–water partition coefficient (Wildman–Crippen LogP) is 1.24. The van der Waals surface area contributed by atoms with Crippen molar-refractivity contribution in [1.82, 2.24) is 14.9 Å². The fourth-order valence-corrected chi connectivity index (χ4v) is 1.11. The summed E-state index contributed by atoms with van der Waals surface area (Å²) in [5, 5.41) is 0.271. The van der Waals surface area contributed by atoms with Crippen molar-refractivity contribution in [2.24, 2.45) is 4.99 Å². The van der Waals surface area contributed by atoms with Gasteiger partial charge in [0.2, 0.25) is 0 Å². The molecule has 0 fully saturated rings. The van der Waals surface area contributed by atoms with Crippen LogP contribution in [0, 0.1) is 6.92 Å². The van der Waals surface area contributed by atoms with Gasteiger partial charge in [-0.1, -0.05) is 11.6 Å². The molecule has 0 saturated heterocycles. The van der Waals surface area contributed by atoms with Gasteiger partial charge in [-0.15, -0.1) is 0 Å². The predicted molar refractivity (Wildman–Crippen MR) is 58.0 cm³/mol. The minimum atomic E-state index is 0.271. The van der Waals surface area contributed by atoms with Gasteiger partial charge in [0.05, 0.1) is 6.34 Å². The number of anilines is 1. The van der Waals surface area contributed by atoms with Crippen LogP contribution in [0.3, 0.4) is 0 Å². The Morgan fingerprint density at radius 3 is 2.57 bits per heavy atom. The van der Waals surface area contributed by atoms with Gasteiger partial charge in [-0.2, -0.15) is 0 Å². The first-order valence-electron chi connectivity index (χ1n) is 4.01. The average molecular weight is 214 g/mol. The first kappa shape index (κ1) is 10.7. The smallest absolute Gasteiger partial charge is 0.160 e. The maximum atomic E-state index is 5.85. The molecule has 0 bridgehead atoms. The van der Waals surface area contributed by atoms with E-state index in [4.69, 9.17) is 17.3 Å². The zero-order chi connectivity index (χ0) is 10.7. The molecule has 1 aromatic rings. The Morgan fingerprint density at radius 2 is 2.07 bits per heavy atom. The highest BCUT2D eigenvalue weighted by molar-refractivity contribution is 6.32. The highest BCUT2D eigenvalue weighted by atomic mass is 35.5. The first-order chi connectivity index (χ1) is 6.50. The van der Waals surface area contributed by atoms with Crippen molar-refractivity contribution in [1.29, 1.82) is 0 Å². The lowest BCUT2D eigenvalue weighted by molar-refractivity contribution is 0.643. The van der Waals surface area contributed by atoms with Gasteiger partial charge in [0, 0.05) is 14.1 Å². The summed E-state index contributed by atoms with van der Waals surface area (Å²) in [6, 6.07) is 0. The van der Waals surface area contributed by atoms with Gasteiger partial charge in [0.15, 0.2) is 11.0 Å². The SMILES string of the molecule is Cc1nc(N)c(N=CN(C)C)c(Cl)n1. The Labute approximate surface area is 87.6 Å². The summed E-state index contributed by atoms with van der Waals surface area (Å²) in [7, 11) is 3.70. The number of nitrogens with two attached hydrogens (primary N) is 1. The van der Waals surface area contributed by atoms with Gasteiger partial charge < -0.3 is 10.6 Å². The van der Waals surface area contributed by atoms with Gasteiger partial charge in [0.1, 0.15) is 11.5 Å². The van der Waals surface area contributed by atoms with Crippen molar-refractivity contribution in [2.75, 3.05) is 19.8 Å². The monoisotopic (exact) mass is 213 g/mol. The van der Waals surface area contributed by atoms with E-state index in [-0.39, 0.29) is 5.15 Å². The molecule has 6 heteroatoms. The third kappa shape index (κ3) is 2.56. The Balaban J connectivity index is 3.09. The van der Waals surface area contributed by atoms with Crippen molar-refractivity contribution in [3.8, 4) is 0 Å². The molecule has 0 radical (unpaired) electrons. The van der Waals surface area contributed by atoms with Crippen molar-refractivity contribution >= 4 is 29.4 Å². The Bertz CT molecular complexity index is 338. The van der Waals surface area contributed by atoms with Crippen LogP contribution in [0.2, 0.25) is 5.15 Å². The highest BCUT2D eigenvalue weighted by Gasteiger charge is 2.06. The van der Waals surface area contributed by atoms with Crippen LogP contribution < -0.4 is 5.73 Å². The van der Waals surface area contributed by atoms with Crippen molar-refractivity contribution < 1.29 is 0 Å². The number of aliphatic imine (C=N–C) groups is 1. The van der Waals surface area contributed by atoms with Gasteiger partial charge >= 0.3 is 0 Å². The molecule has 1 rings (SSSR count). The number of hydrogen-bond donors (Lipinski definition) is 1. The third-order valence-electron chi connectivity index (χ3n) is 1.40. The molecule has 0 saturated carbocycles. The molecule has 0 aliphatic rings. The number of hydrogen-bond acceptors (Lipinski definition) is 4. The zero-order valence-electron chi connectivity index (χ0n) is 8.32. The molecule has 0 aliphatic carbocycles. The van der Waals surface area contributed by atoms with Gasteiger partial charge in [-0.3, -0.25) is 0 Å². The van der Waals surface area contributed by atoms with Crippen LogP contribution >= 0.6 is 11.6 Å². The summed E-state index contributed by atoms with van der Waals surface area (Å²) in [4.78, 5) is 13.8. The summed E-state index contributed by atoms with van der Waals surface area (Å²) < 4.78 is 0. The summed E-state index contributed by atoms with van der Waals surface area (Å²) in [6.45, 7) is 1.72.